The van der Waals surface area contributed by atoms with Crippen molar-refractivity contribution in [3.05, 3.63) is 0 Å². The van der Waals surface area contributed by atoms with Gasteiger partial charge in [0.05, 0.1) is 0 Å². The average molecular weight is 152 g/mol. The van der Waals surface area contributed by atoms with E-state index < -0.39 is 11.0 Å². The van der Waals surface area contributed by atoms with Gasteiger partial charge in [0.2, 0.25) is 0 Å². The van der Waals surface area contributed by atoms with Gasteiger partial charge in [-0.2, -0.15) is 0 Å². The molecule has 0 amide bonds. The summed E-state index contributed by atoms with van der Waals surface area (Å²) in [4.78, 5) is 0. The average Bonchev–Trinajstić information content (AvgIpc) is 2.11. The molecule has 9 heavy (non-hydrogen) atoms. The SMILES string of the molecule is C1N=NN=N1.O=[SH](=O)O. The van der Waals surface area contributed by atoms with Gasteiger partial charge < -0.3 is 0 Å². The molecule has 0 radical (unpaired) electrons. The maximum absolute atomic E-state index is 8.59. The van der Waals surface area contributed by atoms with E-state index in [-0.39, 0.29) is 0 Å². The topological polar surface area (TPSA) is 104 Å². The van der Waals surface area contributed by atoms with Crippen LogP contribution in [0.1, 0.15) is 0 Å². The predicted octanol–water partition coefficient (Wildman–Crippen LogP) is -0.152. The number of nitrogens with zero attached hydrogens (tertiary/aromatic N) is 4. The van der Waals surface area contributed by atoms with E-state index in [1.807, 2.05) is 0 Å². The van der Waals surface area contributed by atoms with E-state index in [0.29, 0.717) is 6.67 Å². The van der Waals surface area contributed by atoms with Crippen LogP contribution in [-0.4, -0.2) is 19.6 Å². The maximum Gasteiger partial charge on any atom is 0.254 e. The van der Waals surface area contributed by atoms with E-state index in [4.69, 9.17) is 13.0 Å². The molecule has 1 rings (SSSR count). The molecule has 0 bridgehead atoms. The molecule has 0 atom stereocenters. The molecule has 0 spiro atoms. The lowest BCUT2D eigenvalue weighted by Gasteiger charge is -1.52. The molecule has 0 aromatic carbocycles. The van der Waals surface area contributed by atoms with Crippen molar-refractivity contribution in [3.63, 3.8) is 0 Å². The summed E-state index contributed by atoms with van der Waals surface area (Å²) < 4.78 is 24.2. The van der Waals surface area contributed by atoms with Crippen molar-refractivity contribution in [1.29, 1.82) is 0 Å². The predicted molar refractivity (Wildman–Crippen MR) is 27.5 cm³/mol. The van der Waals surface area contributed by atoms with Gasteiger partial charge in [-0.3, -0.25) is 4.55 Å². The van der Waals surface area contributed by atoms with Crippen LogP contribution in [0.15, 0.2) is 20.7 Å². The minimum Gasteiger partial charge on any atom is -0.288 e. The standard InChI is InChI=1S/CH2N4.H2O3S/c1-2-4-5-3-1;1-4(2)3/h1H2;4H,(H,1,2,3). The normalized spacial score (nSPS) is 13.6. The molecular weight excluding hydrogens is 148 g/mol. The first-order valence-corrected chi connectivity index (χ1v) is 2.93. The molecular formula is CH4N4O3S. The molecule has 0 unspecified atom stereocenters. The van der Waals surface area contributed by atoms with Crippen LogP contribution in [0, 0.1) is 0 Å². The fourth-order valence-electron chi connectivity index (χ4n) is 0.141. The van der Waals surface area contributed by atoms with Crippen molar-refractivity contribution in [2.24, 2.45) is 20.7 Å². The van der Waals surface area contributed by atoms with Crippen LogP contribution in [0.5, 0.6) is 0 Å². The van der Waals surface area contributed by atoms with Crippen LogP contribution in [0.4, 0.5) is 0 Å². The Morgan fingerprint density at radius 2 is 1.56 bits per heavy atom. The summed E-state index contributed by atoms with van der Waals surface area (Å²) in [6, 6.07) is 0. The van der Waals surface area contributed by atoms with E-state index in [9.17, 15) is 0 Å². The van der Waals surface area contributed by atoms with Gasteiger partial charge >= 0.3 is 0 Å². The first-order valence-electron chi connectivity index (χ1n) is 1.80. The molecule has 0 aromatic rings. The van der Waals surface area contributed by atoms with Crippen LogP contribution in [0.25, 0.3) is 0 Å². The lowest BCUT2D eigenvalue weighted by molar-refractivity contribution is 0.509. The highest BCUT2D eigenvalue weighted by atomic mass is 32.2. The highest BCUT2D eigenvalue weighted by Crippen LogP contribution is 1.87. The van der Waals surface area contributed by atoms with Gasteiger partial charge in [-0.25, -0.2) is 8.42 Å². The van der Waals surface area contributed by atoms with Crippen molar-refractivity contribution in [3.8, 4) is 0 Å². The van der Waals surface area contributed by atoms with Gasteiger partial charge in [-0.15, -0.1) is 10.2 Å². The fraction of sp³-hybridized carbons (Fsp3) is 1.00. The van der Waals surface area contributed by atoms with Crippen LogP contribution >= 0.6 is 0 Å². The Morgan fingerprint density at radius 1 is 1.22 bits per heavy atom. The summed E-state index contributed by atoms with van der Waals surface area (Å²) in [5, 5.41) is 13.1. The van der Waals surface area contributed by atoms with E-state index in [0.717, 1.165) is 0 Å². The number of hydrogen-bond donors (Lipinski definition) is 2. The zero-order valence-corrected chi connectivity index (χ0v) is 5.10. The second-order valence-electron chi connectivity index (χ2n) is 0.841. The van der Waals surface area contributed by atoms with E-state index in [1.165, 1.54) is 0 Å². The zero-order chi connectivity index (χ0) is 7.11. The van der Waals surface area contributed by atoms with E-state index in [2.05, 4.69) is 20.7 Å². The summed E-state index contributed by atoms with van der Waals surface area (Å²) in [5.74, 6) is 0. The maximum atomic E-state index is 8.59. The van der Waals surface area contributed by atoms with Crippen LogP contribution < -0.4 is 0 Å². The Kier molecular flexibility index (Phi) is 4.73. The number of thiol groups is 1. The van der Waals surface area contributed by atoms with E-state index in [1.54, 1.807) is 0 Å². The Labute approximate surface area is 52.3 Å². The minimum atomic E-state index is -3.12. The fourth-order valence-corrected chi connectivity index (χ4v) is 0.141. The van der Waals surface area contributed by atoms with Crippen LogP contribution in [-0.2, 0) is 11.0 Å². The minimum absolute atomic E-state index is 0.417. The third-order valence-electron chi connectivity index (χ3n) is 0.293. The summed E-state index contributed by atoms with van der Waals surface area (Å²) in [5.41, 5.74) is 0. The van der Waals surface area contributed by atoms with Gasteiger partial charge in [0.25, 0.3) is 11.0 Å². The Bertz CT molecular complexity index is 164. The largest absolute Gasteiger partial charge is 0.288 e. The smallest absolute Gasteiger partial charge is 0.254 e. The second kappa shape index (κ2) is 5.25. The molecule has 1 aliphatic heterocycles. The monoisotopic (exact) mass is 152 g/mol. The van der Waals surface area contributed by atoms with Crippen molar-refractivity contribution in [1.82, 2.24) is 0 Å². The third kappa shape index (κ3) is 11.0. The molecule has 1 N–H and O–H groups in total. The molecule has 0 aliphatic carbocycles. The van der Waals surface area contributed by atoms with Gasteiger partial charge in [0.15, 0.2) is 6.67 Å². The molecule has 0 aromatic heterocycles. The quantitative estimate of drug-likeness (QED) is 0.372. The molecule has 0 fully saturated rings. The van der Waals surface area contributed by atoms with Gasteiger partial charge in [0, 0.05) is 0 Å². The van der Waals surface area contributed by atoms with Crippen LogP contribution in [0.2, 0.25) is 0 Å². The summed E-state index contributed by atoms with van der Waals surface area (Å²) in [6.07, 6.45) is 0. The summed E-state index contributed by atoms with van der Waals surface area (Å²) in [7, 11) is -3.12. The molecule has 52 valence electrons. The zero-order valence-electron chi connectivity index (χ0n) is 4.21. The Balaban J connectivity index is 0.000000148. The summed E-state index contributed by atoms with van der Waals surface area (Å²) in [6.45, 7) is 0.417. The summed E-state index contributed by atoms with van der Waals surface area (Å²) >= 11 is 0. The first-order chi connectivity index (χ1) is 4.23. The van der Waals surface area contributed by atoms with Gasteiger partial charge in [-0.1, -0.05) is 0 Å². The second-order valence-corrected chi connectivity index (χ2v) is 1.32. The third-order valence-corrected chi connectivity index (χ3v) is 0.293. The van der Waals surface area contributed by atoms with E-state index >= 15 is 0 Å². The first kappa shape index (κ1) is 8.11. The highest BCUT2D eigenvalue weighted by Gasteiger charge is 1.76. The van der Waals surface area contributed by atoms with Crippen LogP contribution in [0.3, 0.4) is 0 Å². The molecule has 0 saturated carbocycles. The number of hydrogen-bond acceptors (Lipinski definition) is 6. The van der Waals surface area contributed by atoms with Crippen molar-refractivity contribution in [2.75, 3.05) is 6.67 Å². The lowest BCUT2D eigenvalue weighted by Crippen LogP contribution is -1.58. The molecule has 7 nitrogen and oxygen atoms in total. The molecule has 8 heteroatoms. The Morgan fingerprint density at radius 3 is 1.67 bits per heavy atom. The van der Waals surface area contributed by atoms with Crippen molar-refractivity contribution < 1.29 is 13.0 Å². The molecule has 1 aliphatic rings. The molecule has 0 saturated heterocycles. The highest BCUT2D eigenvalue weighted by molar-refractivity contribution is 7.66. The number of rotatable bonds is 0. The van der Waals surface area contributed by atoms with Gasteiger partial charge in [-0.05, 0) is 10.4 Å². The lowest BCUT2D eigenvalue weighted by atomic mass is 11.2. The van der Waals surface area contributed by atoms with Gasteiger partial charge in [0.1, 0.15) is 0 Å². The Hall–Kier alpha value is -0.890. The molecule has 1 heterocycles. The van der Waals surface area contributed by atoms with Crippen molar-refractivity contribution >= 4 is 11.0 Å². The van der Waals surface area contributed by atoms with Crippen molar-refractivity contribution in [2.45, 2.75) is 0 Å².